The second-order valence-corrected chi connectivity index (χ2v) is 6.26. The van der Waals surface area contributed by atoms with Crippen LogP contribution < -0.4 is 10.6 Å². The number of hydrogen-bond acceptors (Lipinski definition) is 4. The molecule has 27 heavy (non-hydrogen) atoms. The maximum atomic E-state index is 5.90. The lowest BCUT2D eigenvalue weighted by Crippen LogP contribution is -2.39. The Bertz CT molecular complexity index is 670. The Kier molecular flexibility index (Phi) is 9.34. The van der Waals surface area contributed by atoms with Crippen molar-refractivity contribution in [2.75, 3.05) is 26.2 Å². The predicted molar refractivity (Wildman–Crippen MR) is 109 cm³/mol. The summed E-state index contributed by atoms with van der Waals surface area (Å²) in [7, 11) is 0. The average molecular weight is 373 g/mol. The van der Waals surface area contributed by atoms with Crippen molar-refractivity contribution >= 4 is 5.96 Å². The van der Waals surface area contributed by atoms with E-state index in [2.05, 4.69) is 63.3 Å². The third kappa shape index (κ3) is 7.38. The van der Waals surface area contributed by atoms with Gasteiger partial charge >= 0.3 is 0 Å². The minimum atomic E-state index is 0.109. The number of hydrogen-bond donors (Lipinski definition) is 2. The van der Waals surface area contributed by atoms with E-state index in [-0.39, 0.29) is 6.10 Å². The molecule has 0 aliphatic heterocycles. The summed E-state index contributed by atoms with van der Waals surface area (Å²) in [4.78, 5) is 4.62. The van der Waals surface area contributed by atoms with Crippen LogP contribution in [0.25, 0.3) is 0 Å². The van der Waals surface area contributed by atoms with Crippen LogP contribution in [-0.2, 0) is 17.7 Å². The smallest absolute Gasteiger partial charge is 0.191 e. The molecule has 0 saturated carbocycles. The summed E-state index contributed by atoms with van der Waals surface area (Å²) in [5, 5.41) is 14.7. The summed E-state index contributed by atoms with van der Waals surface area (Å²) in [6.07, 6.45) is 3.66. The van der Waals surface area contributed by atoms with Gasteiger partial charge in [0.25, 0.3) is 0 Å². The van der Waals surface area contributed by atoms with Crippen molar-refractivity contribution in [3.63, 3.8) is 0 Å². The number of nitrogens with zero attached hydrogens (tertiary/aromatic N) is 4. The van der Waals surface area contributed by atoms with E-state index in [1.54, 1.807) is 6.33 Å². The van der Waals surface area contributed by atoms with Crippen LogP contribution in [0.15, 0.2) is 41.7 Å². The van der Waals surface area contributed by atoms with Crippen LogP contribution >= 0.6 is 0 Å². The van der Waals surface area contributed by atoms with Gasteiger partial charge in [-0.2, -0.15) is 0 Å². The number of nitrogens with one attached hydrogen (secondary N) is 2. The second kappa shape index (κ2) is 12.1. The molecule has 0 saturated heterocycles. The SMILES string of the molecule is CCNC(=NCCCOC(C)c1ccccc1)NCCn1cnnc1CC. The van der Waals surface area contributed by atoms with E-state index >= 15 is 0 Å². The van der Waals surface area contributed by atoms with Crippen LogP contribution in [0.4, 0.5) is 0 Å². The molecule has 2 N–H and O–H groups in total. The molecule has 1 aromatic heterocycles. The Morgan fingerprint density at radius 3 is 2.78 bits per heavy atom. The van der Waals surface area contributed by atoms with E-state index in [0.717, 1.165) is 50.8 Å². The molecule has 7 heteroatoms. The molecule has 1 unspecified atom stereocenters. The molecular formula is C20H32N6O. The van der Waals surface area contributed by atoms with Gasteiger partial charge in [0.15, 0.2) is 5.96 Å². The molecular weight excluding hydrogens is 340 g/mol. The summed E-state index contributed by atoms with van der Waals surface area (Å²) in [6.45, 7) is 10.1. The molecule has 0 bridgehead atoms. The highest BCUT2D eigenvalue weighted by Crippen LogP contribution is 2.15. The molecule has 1 heterocycles. The first kappa shape index (κ1) is 20.9. The maximum Gasteiger partial charge on any atom is 0.191 e. The standard InChI is InChI=1S/C20H32N6O/c1-4-19-25-24-16-26(19)14-13-23-20(21-5-2)22-12-9-15-27-17(3)18-10-7-6-8-11-18/h6-8,10-11,16-17H,4-5,9,12-15H2,1-3H3,(H2,21,22,23). The number of ether oxygens (including phenoxy) is 1. The third-order valence-corrected chi connectivity index (χ3v) is 4.21. The first-order valence-electron chi connectivity index (χ1n) is 9.80. The second-order valence-electron chi connectivity index (χ2n) is 6.26. The Labute approximate surface area is 162 Å². The molecule has 0 fully saturated rings. The van der Waals surface area contributed by atoms with E-state index < -0.39 is 0 Å². The zero-order chi connectivity index (χ0) is 19.3. The van der Waals surface area contributed by atoms with Gasteiger partial charge in [-0.05, 0) is 25.8 Å². The van der Waals surface area contributed by atoms with Gasteiger partial charge < -0.3 is 19.9 Å². The first-order chi connectivity index (χ1) is 13.2. The molecule has 1 atom stereocenters. The van der Waals surface area contributed by atoms with Crippen molar-refractivity contribution in [2.24, 2.45) is 4.99 Å². The van der Waals surface area contributed by atoms with Crippen molar-refractivity contribution in [2.45, 2.75) is 46.3 Å². The zero-order valence-electron chi connectivity index (χ0n) is 16.7. The summed E-state index contributed by atoms with van der Waals surface area (Å²) >= 11 is 0. The highest BCUT2D eigenvalue weighted by molar-refractivity contribution is 5.79. The van der Waals surface area contributed by atoms with Gasteiger partial charge in [-0.3, -0.25) is 4.99 Å². The number of aromatic nitrogens is 3. The lowest BCUT2D eigenvalue weighted by molar-refractivity contribution is 0.0652. The van der Waals surface area contributed by atoms with Gasteiger partial charge in [-0.15, -0.1) is 10.2 Å². The number of benzene rings is 1. The topological polar surface area (TPSA) is 76.4 Å². The van der Waals surface area contributed by atoms with Crippen LogP contribution in [0.1, 0.15) is 44.7 Å². The lowest BCUT2D eigenvalue weighted by atomic mass is 10.1. The van der Waals surface area contributed by atoms with Gasteiger partial charge in [-0.25, -0.2) is 0 Å². The molecule has 0 spiro atoms. The fourth-order valence-corrected chi connectivity index (χ4v) is 2.71. The summed E-state index contributed by atoms with van der Waals surface area (Å²) in [5.41, 5.74) is 1.21. The maximum absolute atomic E-state index is 5.90. The van der Waals surface area contributed by atoms with Crippen molar-refractivity contribution in [1.82, 2.24) is 25.4 Å². The average Bonchev–Trinajstić information content (AvgIpc) is 3.15. The normalized spacial score (nSPS) is 12.8. The van der Waals surface area contributed by atoms with Gasteiger partial charge in [0, 0.05) is 39.2 Å². The van der Waals surface area contributed by atoms with Crippen molar-refractivity contribution in [3.05, 3.63) is 48.0 Å². The van der Waals surface area contributed by atoms with Crippen LogP contribution in [0.2, 0.25) is 0 Å². The molecule has 2 aromatic rings. The van der Waals surface area contributed by atoms with E-state index in [1.807, 2.05) is 18.2 Å². The minimum Gasteiger partial charge on any atom is -0.374 e. The molecule has 0 aliphatic carbocycles. The van der Waals surface area contributed by atoms with E-state index in [1.165, 1.54) is 5.56 Å². The molecule has 148 valence electrons. The van der Waals surface area contributed by atoms with Crippen molar-refractivity contribution in [1.29, 1.82) is 0 Å². The minimum absolute atomic E-state index is 0.109. The molecule has 0 aliphatic rings. The lowest BCUT2D eigenvalue weighted by Gasteiger charge is -2.14. The molecule has 1 aromatic carbocycles. The van der Waals surface area contributed by atoms with Crippen LogP contribution in [0.3, 0.4) is 0 Å². The Morgan fingerprint density at radius 1 is 1.22 bits per heavy atom. The quantitative estimate of drug-likeness (QED) is 0.360. The van der Waals surface area contributed by atoms with Gasteiger partial charge in [0.1, 0.15) is 12.2 Å². The first-order valence-corrected chi connectivity index (χ1v) is 9.80. The summed E-state index contributed by atoms with van der Waals surface area (Å²) in [6, 6.07) is 10.3. The van der Waals surface area contributed by atoms with Crippen LogP contribution in [0.5, 0.6) is 0 Å². The van der Waals surface area contributed by atoms with Crippen LogP contribution in [-0.4, -0.2) is 47.0 Å². The third-order valence-electron chi connectivity index (χ3n) is 4.21. The molecule has 2 rings (SSSR count). The highest BCUT2D eigenvalue weighted by Gasteiger charge is 2.05. The van der Waals surface area contributed by atoms with Gasteiger partial charge in [0.2, 0.25) is 0 Å². The molecule has 0 radical (unpaired) electrons. The van der Waals surface area contributed by atoms with Crippen molar-refractivity contribution in [3.8, 4) is 0 Å². The number of rotatable bonds is 11. The number of aryl methyl sites for hydroxylation is 1. The zero-order valence-corrected chi connectivity index (χ0v) is 16.7. The summed E-state index contributed by atoms with van der Waals surface area (Å²) < 4.78 is 7.96. The Hall–Kier alpha value is -2.41. The van der Waals surface area contributed by atoms with E-state index in [0.29, 0.717) is 6.61 Å². The molecule has 7 nitrogen and oxygen atoms in total. The van der Waals surface area contributed by atoms with Crippen LogP contribution in [0, 0.1) is 0 Å². The molecule has 0 amide bonds. The Balaban J connectivity index is 1.68. The summed E-state index contributed by atoms with van der Waals surface area (Å²) in [5.74, 6) is 1.84. The predicted octanol–water partition coefficient (Wildman–Crippen LogP) is 2.56. The highest BCUT2D eigenvalue weighted by atomic mass is 16.5. The number of guanidine groups is 1. The fourth-order valence-electron chi connectivity index (χ4n) is 2.71. The fraction of sp³-hybridized carbons (Fsp3) is 0.550. The Morgan fingerprint density at radius 2 is 2.04 bits per heavy atom. The van der Waals surface area contributed by atoms with Crippen molar-refractivity contribution < 1.29 is 4.74 Å². The number of aliphatic imine (C=N–C) groups is 1. The van der Waals surface area contributed by atoms with E-state index in [9.17, 15) is 0 Å². The monoisotopic (exact) mass is 372 g/mol. The largest absolute Gasteiger partial charge is 0.374 e. The van der Waals surface area contributed by atoms with Gasteiger partial charge in [0.05, 0.1) is 6.10 Å². The van der Waals surface area contributed by atoms with Gasteiger partial charge in [-0.1, -0.05) is 37.3 Å². The van der Waals surface area contributed by atoms with E-state index in [4.69, 9.17) is 4.74 Å².